The molecule has 1 aliphatic rings. The molecule has 1 N–H and O–H groups in total. The molecule has 24 heavy (non-hydrogen) atoms. The lowest BCUT2D eigenvalue weighted by molar-refractivity contribution is 0.0558. The van der Waals surface area contributed by atoms with Crippen molar-refractivity contribution in [3.05, 3.63) is 47.5 Å². The van der Waals surface area contributed by atoms with Crippen LogP contribution in [0.25, 0.3) is 0 Å². The number of benzene rings is 1. The Labute approximate surface area is 144 Å². The van der Waals surface area contributed by atoms with Crippen LogP contribution in [0.4, 0.5) is 0 Å². The number of likely N-dealkylation sites (tertiary alicyclic amines) is 1. The van der Waals surface area contributed by atoms with Crippen molar-refractivity contribution in [3.8, 4) is 0 Å². The molecule has 2 aromatic rings. The molecule has 5 nitrogen and oxygen atoms in total. The van der Waals surface area contributed by atoms with E-state index >= 15 is 0 Å². The number of rotatable bonds is 5. The summed E-state index contributed by atoms with van der Waals surface area (Å²) in [5, 5.41) is 19.2. The van der Waals surface area contributed by atoms with Gasteiger partial charge in [-0.05, 0) is 37.4 Å². The average Bonchev–Trinajstić information content (AvgIpc) is 2.96. The van der Waals surface area contributed by atoms with E-state index < -0.39 is 0 Å². The van der Waals surface area contributed by atoms with Gasteiger partial charge >= 0.3 is 0 Å². The molecule has 1 aromatic carbocycles. The lowest BCUT2D eigenvalue weighted by Gasteiger charge is -2.34. The first kappa shape index (κ1) is 17.1. The van der Waals surface area contributed by atoms with Crippen molar-refractivity contribution in [1.82, 2.24) is 19.7 Å². The topological polar surface area (TPSA) is 54.2 Å². The zero-order valence-electron chi connectivity index (χ0n) is 14.9. The standard InChI is InChI=1S/C19H28N4O/c1-14(2)19-21-20-17(22(19)3)13-23-11-9-16(10-12-23)18(24)15-7-5-4-6-8-15/h4-8,14,16,18,24H,9-13H2,1-3H3. The lowest BCUT2D eigenvalue weighted by atomic mass is 9.87. The van der Waals surface area contributed by atoms with E-state index in [4.69, 9.17) is 0 Å². The molecule has 0 aliphatic carbocycles. The highest BCUT2D eigenvalue weighted by Crippen LogP contribution is 2.31. The third kappa shape index (κ3) is 3.68. The highest BCUT2D eigenvalue weighted by atomic mass is 16.3. The summed E-state index contributed by atoms with van der Waals surface area (Å²) in [4.78, 5) is 2.42. The van der Waals surface area contributed by atoms with Gasteiger partial charge in [-0.25, -0.2) is 0 Å². The van der Waals surface area contributed by atoms with Crippen LogP contribution in [0.5, 0.6) is 0 Å². The Balaban J connectivity index is 1.56. The average molecular weight is 328 g/mol. The fourth-order valence-corrected chi connectivity index (χ4v) is 3.56. The molecule has 0 radical (unpaired) electrons. The van der Waals surface area contributed by atoms with E-state index in [1.54, 1.807) is 0 Å². The number of aromatic nitrogens is 3. The number of hydrogen-bond acceptors (Lipinski definition) is 4. The van der Waals surface area contributed by atoms with E-state index in [0.717, 1.165) is 49.7 Å². The van der Waals surface area contributed by atoms with Crippen LogP contribution in [0.15, 0.2) is 30.3 Å². The molecule has 5 heteroatoms. The van der Waals surface area contributed by atoms with Gasteiger partial charge in [0.1, 0.15) is 11.6 Å². The Kier molecular flexibility index (Phi) is 5.31. The predicted octanol–water partition coefficient (Wildman–Crippen LogP) is 2.88. The van der Waals surface area contributed by atoms with Crippen LogP contribution >= 0.6 is 0 Å². The Morgan fingerprint density at radius 3 is 2.38 bits per heavy atom. The maximum atomic E-state index is 10.6. The zero-order chi connectivity index (χ0) is 17.1. The smallest absolute Gasteiger partial charge is 0.146 e. The number of piperidine rings is 1. The summed E-state index contributed by atoms with van der Waals surface area (Å²) in [5.74, 6) is 2.80. The van der Waals surface area contributed by atoms with Gasteiger partial charge in [-0.2, -0.15) is 0 Å². The molecule has 1 aliphatic heterocycles. The van der Waals surface area contributed by atoms with E-state index in [2.05, 4.69) is 40.6 Å². The van der Waals surface area contributed by atoms with Crippen molar-refractivity contribution in [2.75, 3.05) is 13.1 Å². The molecule has 3 rings (SSSR count). The van der Waals surface area contributed by atoms with Gasteiger partial charge in [-0.15, -0.1) is 10.2 Å². The predicted molar refractivity (Wildman–Crippen MR) is 94.5 cm³/mol. The molecule has 0 spiro atoms. The first-order valence-corrected chi connectivity index (χ1v) is 8.89. The number of hydrogen-bond donors (Lipinski definition) is 1. The molecule has 1 fully saturated rings. The van der Waals surface area contributed by atoms with Gasteiger partial charge in [-0.1, -0.05) is 44.2 Å². The normalized spacial score (nSPS) is 18.2. The molecule has 1 atom stereocenters. The van der Waals surface area contributed by atoms with Crippen molar-refractivity contribution in [2.24, 2.45) is 13.0 Å². The molecule has 130 valence electrons. The van der Waals surface area contributed by atoms with Crippen LogP contribution in [-0.4, -0.2) is 37.9 Å². The SMILES string of the molecule is CC(C)c1nnc(CN2CCC(C(O)c3ccccc3)CC2)n1C. The van der Waals surface area contributed by atoms with Crippen molar-refractivity contribution in [1.29, 1.82) is 0 Å². The van der Waals surface area contributed by atoms with Gasteiger partial charge in [-0.3, -0.25) is 4.90 Å². The Hall–Kier alpha value is -1.72. The molecule has 1 saturated heterocycles. The summed E-state index contributed by atoms with van der Waals surface area (Å²) in [5.41, 5.74) is 1.03. The Bertz CT molecular complexity index is 645. The number of aliphatic hydroxyl groups excluding tert-OH is 1. The van der Waals surface area contributed by atoms with E-state index in [0.29, 0.717) is 11.8 Å². The fourth-order valence-electron chi connectivity index (χ4n) is 3.56. The highest BCUT2D eigenvalue weighted by Gasteiger charge is 2.27. The summed E-state index contributed by atoms with van der Waals surface area (Å²) in [6.45, 7) is 7.12. The van der Waals surface area contributed by atoms with Crippen molar-refractivity contribution in [2.45, 2.75) is 45.3 Å². The van der Waals surface area contributed by atoms with Gasteiger partial charge in [0, 0.05) is 13.0 Å². The van der Waals surface area contributed by atoms with Crippen LogP contribution in [0.1, 0.15) is 55.9 Å². The Morgan fingerprint density at radius 1 is 1.12 bits per heavy atom. The van der Waals surface area contributed by atoms with Crippen molar-refractivity contribution in [3.63, 3.8) is 0 Å². The fraction of sp³-hybridized carbons (Fsp3) is 0.579. The van der Waals surface area contributed by atoms with E-state index in [1.807, 2.05) is 30.3 Å². The molecule has 0 saturated carbocycles. The molecular formula is C19H28N4O. The van der Waals surface area contributed by atoms with Crippen molar-refractivity contribution >= 4 is 0 Å². The summed E-state index contributed by atoms with van der Waals surface area (Å²) in [6.07, 6.45) is 1.69. The van der Waals surface area contributed by atoms with Crippen LogP contribution < -0.4 is 0 Å². The van der Waals surface area contributed by atoms with Gasteiger partial charge < -0.3 is 9.67 Å². The maximum absolute atomic E-state index is 10.6. The third-order valence-corrected chi connectivity index (χ3v) is 5.10. The summed E-state index contributed by atoms with van der Waals surface area (Å²) in [6, 6.07) is 10.0. The number of aliphatic hydroxyl groups is 1. The minimum Gasteiger partial charge on any atom is -0.388 e. The molecule has 0 amide bonds. The highest BCUT2D eigenvalue weighted by molar-refractivity contribution is 5.18. The summed E-state index contributed by atoms with van der Waals surface area (Å²) in [7, 11) is 2.05. The van der Waals surface area contributed by atoms with E-state index in [-0.39, 0.29) is 6.10 Å². The lowest BCUT2D eigenvalue weighted by Crippen LogP contribution is -2.35. The van der Waals surface area contributed by atoms with Gasteiger partial charge in [0.05, 0.1) is 12.6 Å². The van der Waals surface area contributed by atoms with E-state index in [1.165, 1.54) is 0 Å². The largest absolute Gasteiger partial charge is 0.388 e. The number of nitrogens with zero attached hydrogens (tertiary/aromatic N) is 4. The first-order chi connectivity index (χ1) is 11.6. The molecule has 0 bridgehead atoms. The molecule has 1 aromatic heterocycles. The quantitative estimate of drug-likeness (QED) is 0.917. The monoisotopic (exact) mass is 328 g/mol. The second-order valence-electron chi connectivity index (χ2n) is 7.16. The minimum absolute atomic E-state index is 0.342. The van der Waals surface area contributed by atoms with Crippen molar-refractivity contribution < 1.29 is 5.11 Å². The van der Waals surface area contributed by atoms with Crippen LogP contribution in [-0.2, 0) is 13.6 Å². The molecular weight excluding hydrogens is 300 g/mol. The molecule has 2 heterocycles. The summed E-state index contributed by atoms with van der Waals surface area (Å²) >= 11 is 0. The molecule has 1 unspecified atom stereocenters. The van der Waals surface area contributed by atoms with Crippen LogP contribution in [0.2, 0.25) is 0 Å². The van der Waals surface area contributed by atoms with Gasteiger partial charge in [0.25, 0.3) is 0 Å². The maximum Gasteiger partial charge on any atom is 0.146 e. The minimum atomic E-state index is -0.351. The third-order valence-electron chi connectivity index (χ3n) is 5.10. The summed E-state index contributed by atoms with van der Waals surface area (Å²) < 4.78 is 2.12. The zero-order valence-corrected chi connectivity index (χ0v) is 14.9. The second-order valence-corrected chi connectivity index (χ2v) is 7.16. The first-order valence-electron chi connectivity index (χ1n) is 8.89. The van der Waals surface area contributed by atoms with Gasteiger partial charge in [0.15, 0.2) is 0 Å². The van der Waals surface area contributed by atoms with E-state index in [9.17, 15) is 5.11 Å². The second kappa shape index (κ2) is 7.45. The van der Waals surface area contributed by atoms with Gasteiger partial charge in [0.2, 0.25) is 0 Å². The van der Waals surface area contributed by atoms with Crippen LogP contribution in [0.3, 0.4) is 0 Å². The Morgan fingerprint density at radius 2 is 1.79 bits per heavy atom. The van der Waals surface area contributed by atoms with Crippen LogP contribution in [0, 0.1) is 5.92 Å².